The molecule has 3 heteroatoms. The number of nitrogens with zero attached hydrogens (tertiary/aromatic N) is 2. The van der Waals surface area contributed by atoms with Crippen LogP contribution in [0.5, 0.6) is 0 Å². The third-order valence-electron chi connectivity index (χ3n) is 1.37. The van der Waals surface area contributed by atoms with Gasteiger partial charge in [-0.25, -0.2) is 0 Å². The Morgan fingerprint density at radius 3 is 2.27 bits per heavy atom. The molecule has 3 nitrogen and oxygen atoms in total. The van der Waals surface area contributed by atoms with Gasteiger partial charge in [0.25, 0.3) is 0 Å². The summed E-state index contributed by atoms with van der Waals surface area (Å²) in [4.78, 5) is 0. The van der Waals surface area contributed by atoms with E-state index in [1.807, 2.05) is 31.3 Å². The van der Waals surface area contributed by atoms with Crippen molar-refractivity contribution in [1.82, 2.24) is 0 Å². The normalized spacial score (nSPS) is 10.4. The van der Waals surface area contributed by atoms with E-state index < -0.39 is 0 Å². The van der Waals surface area contributed by atoms with Gasteiger partial charge < -0.3 is 5.32 Å². The Hall–Kier alpha value is -1.38. The van der Waals surface area contributed by atoms with Crippen LogP contribution in [0.25, 0.3) is 0 Å². The molecule has 0 radical (unpaired) electrons. The van der Waals surface area contributed by atoms with Crippen LogP contribution in [0, 0.1) is 0 Å². The second-order valence-electron chi connectivity index (χ2n) is 2.10. The molecule has 0 heterocycles. The molecule has 0 amide bonds. The highest BCUT2D eigenvalue weighted by Crippen LogP contribution is 2.15. The van der Waals surface area contributed by atoms with Crippen LogP contribution in [0.3, 0.4) is 0 Å². The molecule has 0 aliphatic rings. The molecule has 0 spiro atoms. The van der Waals surface area contributed by atoms with Crippen molar-refractivity contribution in [3.8, 4) is 0 Å². The molecule has 1 aromatic carbocycles. The van der Waals surface area contributed by atoms with E-state index in [1.165, 1.54) is 0 Å². The van der Waals surface area contributed by atoms with Crippen LogP contribution in [-0.4, -0.2) is 14.1 Å². The van der Waals surface area contributed by atoms with Gasteiger partial charge in [0.1, 0.15) is 0 Å². The van der Waals surface area contributed by atoms with Crippen LogP contribution < -0.4 is 5.32 Å². The van der Waals surface area contributed by atoms with Crippen molar-refractivity contribution in [3.63, 3.8) is 0 Å². The van der Waals surface area contributed by atoms with Gasteiger partial charge in [-0.05, 0) is 24.3 Å². The lowest BCUT2D eigenvalue weighted by Gasteiger charge is -1.97. The Kier molecular flexibility index (Phi) is 2.60. The lowest BCUT2D eigenvalue weighted by atomic mass is 10.3. The Morgan fingerprint density at radius 2 is 1.82 bits per heavy atom. The summed E-state index contributed by atoms with van der Waals surface area (Å²) in [6.07, 6.45) is 0. The molecule has 58 valence electrons. The fourth-order valence-electron chi connectivity index (χ4n) is 0.810. The van der Waals surface area contributed by atoms with Crippen LogP contribution >= 0.6 is 0 Å². The summed E-state index contributed by atoms with van der Waals surface area (Å²) in [5.41, 5.74) is 1.96. The fraction of sp³-hybridized carbons (Fsp3) is 0.250. The molecule has 0 atom stereocenters. The largest absolute Gasteiger partial charge is 0.388 e. The first-order chi connectivity index (χ1) is 5.36. The molecule has 0 aromatic heterocycles. The maximum absolute atomic E-state index is 3.88. The van der Waals surface area contributed by atoms with Gasteiger partial charge in [-0.3, -0.25) is 0 Å². The molecule has 1 N–H and O–H groups in total. The SMILES string of the molecule is CN=Nc1ccc(NC)cc1. The van der Waals surface area contributed by atoms with E-state index >= 15 is 0 Å². The first kappa shape index (κ1) is 7.72. The quantitative estimate of drug-likeness (QED) is 0.644. The molecular formula is C8H11N3. The number of nitrogens with one attached hydrogen (secondary N) is 1. The first-order valence-electron chi connectivity index (χ1n) is 3.44. The zero-order valence-electron chi connectivity index (χ0n) is 6.70. The van der Waals surface area contributed by atoms with Gasteiger partial charge >= 0.3 is 0 Å². The average Bonchev–Trinajstić information content (AvgIpc) is 2.07. The molecule has 0 bridgehead atoms. The molecule has 0 unspecified atom stereocenters. The maximum Gasteiger partial charge on any atom is 0.0853 e. The van der Waals surface area contributed by atoms with Crippen LogP contribution in [0.2, 0.25) is 0 Å². The van der Waals surface area contributed by atoms with Crippen molar-refractivity contribution in [2.45, 2.75) is 0 Å². The van der Waals surface area contributed by atoms with E-state index in [2.05, 4.69) is 15.5 Å². The van der Waals surface area contributed by atoms with Crippen molar-refractivity contribution < 1.29 is 0 Å². The lowest BCUT2D eigenvalue weighted by molar-refractivity contribution is 1.17. The van der Waals surface area contributed by atoms with Crippen molar-refractivity contribution in [2.24, 2.45) is 10.2 Å². The zero-order chi connectivity index (χ0) is 8.10. The maximum atomic E-state index is 3.88. The number of rotatable bonds is 2. The minimum Gasteiger partial charge on any atom is -0.388 e. The van der Waals surface area contributed by atoms with Gasteiger partial charge in [0, 0.05) is 19.8 Å². The molecule has 0 aliphatic heterocycles. The highest BCUT2D eigenvalue weighted by molar-refractivity contribution is 5.49. The van der Waals surface area contributed by atoms with Gasteiger partial charge in [-0.2, -0.15) is 10.2 Å². The molecule has 0 fully saturated rings. The second kappa shape index (κ2) is 3.71. The average molecular weight is 149 g/mol. The van der Waals surface area contributed by atoms with Gasteiger partial charge in [0.2, 0.25) is 0 Å². The van der Waals surface area contributed by atoms with Gasteiger partial charge in [0.05, 0.1) is 5.69 Å². The molecule has 0 saturated carbocycles. The Labute approximate surface area is 66.2 Å². The second-order valence-corrected chi connectivity index (χ2v) is 2.10. The third kappa shape index (κ3) is 2.04. The van der Waals surface area contributed by atoms with Crippen molar-refractivity contribution in [3.05, 3.63) is 24.3 Å². The number of hydrogen-bond acceptors (Lipinski definition) is 3. The topological polar surface area (TPSA) is 36.8 Å². The summed E-state index contributed by atoms with van der Waals surface area (Å²) in [6, 6.07) is 7.76. The number of hydrogen-bond donors (Lipinski definition) is 1. The summed E-state index contributed by atoms with van der Waals surface area (Å²) in [5.74, 6) is 0. The Balaban J connectivity index is 2.82. The standard InChI is InChI=1S/C8H11N3/c1-9-7-3-5-8(6-4-7)11-10-2/h3-6,9H,1-2H3. The van der Waals surface area contributed by atoms with Crippen LogP contribution in [0.1, 0.15) is 0 Å². The summed E-state index contributed by atoms with van der Waals surface area (Å²) >= 11 is 0. The Morgan fingerprint density at radius 1 is 1.18 bits per heavy atom. The molecule has 1 aromatic rings. The van der Waals surface area contributed by atoms with E-state index in [1.54, 1.807) is 7.05 Å². The van der Waals surface area contributed by atoms with Crippen LogP contribution in [-0.2, 0) is 0 Å². The zero-order valence-corrected chi connectivity index (χ0v) is 6.70. The summed E-state index contributed by atoms with van der Waals surface area (Å²) in [7, 11) is 3.54. The van der Waals surface area contributed by atoms with Gasteiger partial charge in [-0.1, -0.05) is 0 Å². The van der Waals surface area contributed by atoms with Crippen molar-refractivity contribution in [1.29, 1.82) is 0 Å². The lowest BCUT2D eigenvalue weighted by Crippen LogP contribution is -1.84. The summed E-state index contributed by atoms with van der Waals surface area (Å²) in [5, 5.41) is 10.6. The summed E-state index contributed by atoms with van der Waals surface area (Å²) in [6.45, 7) is 0. The number of azo groups is 1. The summed E-state index contributed by atoms with van der Waals surface area (Å²) < 4.78 is 0. The van der Waals surface area contributed by atoms with E-state index in [9.17, 15) is 0 Å². The van der Waals surface area contributed by atoms with Gasteiger partial charge in [0.15, 0.2) is 0 Å². The van der Waals surface area contributed by atoms with Crippen molar-refractivity contribution >= 4 is 11.4 Å². The first-order valence-corrected chi connectivity index (χ1v) is 3.44. The monoisotopic (exact) mass is 149 g/mol. The van der Waals surface area contributed by atoms with Crippen LogP contribution in [0.15, 0.2) is 34.5 Å². The van der Waals surface area contributed by atoms with Gasteiger partial charge in [-0.15, -0.1) is 0 Å². The van der Waals surface area contributed by atoms with E-state index in [-0.39, 0.29) is 0 Å². The number of benzene rings is 1. The predicted octanol–water partition coefficient (Wildman–Crippen LogP) is 2.44. The smallest absolute Gasteiger partial charge is 0.0853 e. The Bertz CT molecular complexity index is 238. The fourth-order valence-corrected chi connectivity index (χ4v) is 0.810. The predicted molar refractivity (Wildman–Crippen MR) is 46.4 cm³/mol. The van der Waals surface area contributed by atoms with Crippen LogP contribution in [0.4, 0.5) is 11.4 Å². The molecule has 0 saturated heterocycles. The minimum atomic E-state index is 0.881. The molecular weight excluding hydrogens is 138 g/mol. The van der Waals surface area contributed by atoms with E-state index in [0.29, 0.717) is 0 Å². The highest BCUT2D eigenvalue weighted by atomic mass is 15.1. The third-order valence-corrected chi connectivity index (χ3v) is 1.37. The molecule has 1 rings (SSSR count). The minimum absolute atomic E-state index is 0.881. The highest BCUT2D eigenvalue weighted by Gasteiger charge is 1.88. The van der Waals surface area contributed by atoms with Crippen molar-refractivity contribution in [2.75, 3.05) is 19.4 Å². The molecule has 11 heavy (non-hydrogen) atoms. The number of anilines is 1. The van der Waals surface area contributed by atoms with E-state index in [0.717, 1.165) is 11.4 Å². The van der Waals surface area contributed by atoms with E-state index in [4.69, 9.17) is 0 Å². The molecule has 0 aliphatic carbocycles.